The fourth-order valence-electron chi connectivity index (χ4n) is 4.32. The van der Waals surface area contributed by atoms with Crippen LogP contribution >= 0.6 is 0 Å². The first kappa shape index (κ1) is 21.9. The minimum Gasteiger partial charge on any atom is -0.506 e. The van der Waals surface area contributed by atoms with Crippen LogP contribution in [0.5, 0.6) is 5.75 Å². The van der Waals surface area contributed by atoms with Crippen LogP contribution in [-0.4, -0.2) is 53.0 Å². The molecule has 1 atom stereocenters. The van der Waals surface area contributed by atoms with Gasteiger partial charge in [-0.15, -0.1) is 0 Å². The summed E-state index contributed by atoms with van der Waals surface area (Å²) in [6, 6.07) is 27.6. The molecule has 1 unspecified atom stereocenters. The molecule has 4 rings (SSSR count). The summed E-state index contributed by atoms with van der Waals surface area (Å²) in [6.45, 7) is 6.34. The molecule has 1 fully saturated rings. The summed E-state index contributed by atoms with van der Waals surface area (Å²) in [5.74, 6) is 0.454. The highest BCUT2D eigenvalue weighted by molar-refractivity contribution is 5.81. The second-order valence-electron chi connectivity index (χ2n) is 8.35. The van der Waals surface area contributed by atoms with Gasteiger partial charge in [0.15, 0.2) is 0 Å². The van der Waals surface area contributed by atoms with Gasteiger partial charge in [-0.25, -0.2) is 0 Å². The van der Waals surface area contributed by atoms with Gasteiger partial charge in [0.1, 0.15) is 5.75 Å². The summed E-state index contributed by atoms with van der Waals surface area (Å²) < 4.78 is 0. The third-order valence-corrected chi connectivity index (χ3v) is 6.19. The molecule has 0 aromatic heterocycles. The van der Waals surface area contributed by atoms with Gasteiger partial charge in [-0.1, -0.05) is 72.8 Å². The number of para-hydroxylation sites is 2. The van der Waals surface area contributed by atoms with E-state index in [2.05, 4.69) is 34.1 Å². The van der Waals surface area contributed by atoms with Crippen molar-refractivity contribution in [2.75, 3.05) is 31.1 Å². The molecule has 32 heavy (non-hydrogen) atoms. The van der Waals surface area contributed by atoms with E-state index in [1.165, 1.54) is 0 Å². The first-order valence-electron chi connectivity index (χ1n) is 11.3. The van der Waals surface area contributed by atoms with Crippen molar-refractivity contribution in [3.05, 3.63) is 96.1 Å². The minimum absolute atomic E-state index is 0.147. The summed E-state index contributed by atoms with van der Waals surface area (Å²) in [6.07, 6.45) is 0. The summed E-state index contributed by atoms with van der Waals surface area (Å²) in [5.41, 5.74) is 3.13. The SMILES string of the molecule is CC(C(=O)N(Cc1ccccc1)Cc1ccccc1)N1CCN(c2ccccc2O)CC1. The molecular weight excluding hydrogens is 398 g/mol. The summed E-state index contributed by atoms with van der Waals surface area (Å²) in [4.78, 5) is 20.0. The van der Waals surface area contributed by atoms with Crippen LogP contribution in [-0.2, 0) is 17.9 Å². The van der Waals surface area contributed by atoms with E-state index in [0.717, 1.165) is 43.0 Å². The van der Waals surface area contributed by atoms with Crippen LogP contribution in [0.2, 0.25) is 0 Å². The minimum atomic E-state index is -0.200. The van der Waals surface area contributed by atoms with E-state index in [1.807, 2.05) is 66.4 Å². The third kappa shape index (κ3) is 5.29. The molecule has 0 saturated carbocycles. The number of carbonyl (C=O) groups is 1. The number of rotatable bonds is 7. The monoisotopic (exact) mass is 429 g/mol. The number of phenols is 1. The number of piperazine rings is 1. The topological polar surface area (TPSA) is 47.0 Å². The average Bonchev–Trinajstić information content (AvgIpc) is 2.84. The molecule has 0 radical (unpaired) electrons. The van der Waals surface area contributed by atoms with Gasteiger partial charge >= 0.3 is 0 Å². The Morgan fingerprint density at radius 3 is 1.84 bits per heavy atom. The van der Waals surface area contributed by atoms with Crippen molar-refractivity contribution in [1.82, 2.24) is 9.80 Å². The van der Waals surface area contributed by atoms with Gasteiger partial charge in [-0.2, -0.15) is 0 Å². The number of benzene rings is 3. The highest BCUT2D eigenvalue weighted by Crippen LogP contribution is 2.27. The number of hydrogen-bond donors (Lipinski definition) is 1. The normalized spacial score (nSPS) is 15.3. The highest BCUT2D eigenvalue weighted by Gasteiger charge is 2.29. The van der Waals surface area contributed by atoms with Crippen molar-refractivity contribution < 1.29 is 9.90 Å². The van der Waals surface area contributed by atoms with E-state index in [1.54, 1.807) is 6.07 Å². The van der Waals surface area contributed by atoms with Gasteiger partial charge < -0.3 is 14.9 Å². The molecule has 5 heteroatoms. The van der Waals surface area contributed by atoms with Crippen molar-refractivity contribution >= 4 is 11.6 Å². The molecule has 1 N–H and O–H groups in total. The Morgan fingerprint density at radius 1 is 0.812 bits per heavy atom. The van der Waals surface area contributed by atoms with Crippen molar-refractivity contribution in [2.45, 2.75) is 26.1 Å². The number of aromatic hydroxyl groups is 1. The maximum atomic E-state index is 13.6. The Bertz CT molecular complexity index is 960. The van der Waals surface area contributed by atoms with Gasteiger partial charge in [0.05, 0.1) is 11.7 Å². The van der Waals surface area contributed by atoms with Gasteiger partial charge in [0.2, 0.25) is 5.91 Å². The zero-order valence-corrected chi connectivity index (χ0v) is 18.6. The van der Waals surface area contributed by atoms with E-state index in [9.17, 15) is 9.90 Å². The number of carbonyl (C=O) groups excluding carboxylic acids is 1. The second kappa shape index (κ2) is 10.3. The van der Waals surface area contributed by atoms with Crippen LogP contribution in [0.1, 0.15) is 18.1 Å². The molecule has 1 saturated heterocycles. The summed E-state index contributed by atoms with van der Waals surface area (Å²) in [7, 11) is 0. The Kier molecular flexibility index (Phi) is 7.07. The van der Waals surface area contributed by atoms with E-state index in [0.29, 0.717) is 18.8 Å². The van der Waals surface area contributed by atoms with E-state index < -0.39 is 0 Å². The largest absolute Gasteiger partial charge is 0.506 e. The van der Waals surface area contributed by atoms with Gasteiger partial charge in [-0.3, -0.25) is 9.69 Å². The van der Waals surface area contributed by atoms with E-state index in [4.69, 9.17) is 0 Å². The lowest BCUT2D eigenvalue weighted by atomic mass is 10.1. The van der Waals surface area contributed by atoms with Crippen LogP contribution in [0.15, 0.2) is 84.9 Å². The zero-order valence-electron chi connectivity index (χ0n) is 18.6. The maximum Gasteiger partial charge on any atom is 0.240 e. The standard InChI is InChI=1S/C27H31N3O2/c1-22(28-16-18-29(19-17-28)25-14-8-9-15-26(25)31)27(32)30(20-23-10-4-2-5-11-23)21-24-12-6-3-7-13-24/h2-15,22,31H,16-21H2,1H3. The van der Waals surface area contributed by atoms with Crippen LogP contribution in [0.3, 0.4) is 0 Å². The molecule has 3 aromatic rings. The Hall–Kier alpha value is -3.31. The van der Waals surface area contributed by atoms with E-state index in [-0.39, 0.29) is 11.9 Å². The van der Waals surface area contributed by atoms with Crippen molar-refractivity contribution in [2.24, 2.45) is 0 Å². The quantitative estimate of drug-likeness (QED) is 0.613. The number of anilines is 1. The summed E-state index contributed by atoms with van der Waals surface area (Å²) >= 11 is 0. The van der Waals surface area contributed by atoms with Crippen LogP contribution in [0.25, 0.3) is 0 Å². The molecule has 5 nitrogen and oxygen atoms in total. The van der Waals surface area contributed by atoms with Crippen LogP contribution in [0.4, 0.5) is 5.69 Å². The number of hydrogen-bond acceptors (Lipinski definition) is 4. The molecule has 3 aromatic carbocycles. The third-order valence-electron chi connectivity index (χ3n) is 6.19. The molecule has 1 amide bonds. The molecule has 1 aliphatic rings. The van der Waals surface area contributed by atoms with Crippen molar-refractivity contribution in [3.63, 3.8) is 0 Å². The van der Waals surface area contributed by atoms with Gasteiger partial charge in [0, 0.05) is 39.3 Å². The molecule has 0 bridgehead atoms. The highest BCUT2D eigenvalue weighted by atomic mass is 16.3. The Balaban J connectivity index is 1.43. The van der Waals surface area contributed by atoms with E-state index >= 15 is 0 Å². The summed E-state index contributed by atoms with van der Waals surface area (Å²) in [5, 5.41) is 10.2. The first-order valence-corrected chi connectivity index (χ1v) is 11.3. The average molecular weight is 430 g/mol. The van der Waals surface area contributed by atoms with Crippen molar-refractivity contribution in [1.29, 1.82) is 0 Å². The molecular formula is C27H31N3O2. The fourth-order valence-corrected chi connectivity index (χ4v) is 4.32. The molecule has 1 aliphatic heterocycles. The molecule has 166 valence electrons. The Labute approximate surface area is 190 Å². The lowest BCUT2D eigenvalue weighted by molar-refractivity contribution is -0.137. The first-order chi connectivity index (χ1) is 15.6. The number of phenolic OH excluding ortho intramolecular Hbond substituents is 1. The smallest absolute Gasteiger partial charge is 0.240 e. The number of nitrogens with zero attached hydrogens (tertiary/aromatic N) is 3. The molecule has 0 aliphatic carbocycles. The van der Waals surface area contributed by atoms with Gasteiger partial charge in [-0.05, 0) is 30.2 Å². The zero-order chi connectivity index (χ0) is 22.3. The maximum absolute atomic E-state index is 13.6. The molecule has 1 heterocycles. The second-order valence-corrected chi connectivity index (χ2v) is 8.35. The lowest BCUT2D eigenvalue weighted by Crippen LogP contribution is -2.54. The lowest BCUT2D eigenvalue weighted by Gasteiger charge is -2.40. The van der Waals surface area contributed by atoms with Gasteiger partial charge in [0.25, 0.3) is 0 Å². The van der Waals surface area contributed by atoms with Crippen LogP contribution in [0, 0.1) is 0 Å². The fraction of sp³-hybridized carbons (Fsp3) is 0.296. The Morgan fingerprint density at radius 2 is 1.31 bits per heavy atom. The van der Waals surface area contributed by atoms with Crippen molar-refractivity contribution in [3.8, 4) is 5.75 Å². The predicted molar refractivity (Wildman–Crippen MR) is 128 cm³/mol. The number of amides is 1. The molecule has 0 spiro atoms. The predicted octanol–water partition coefficient (Wildman–Crippen LogP) is 4.13. The van der Waals surface area contributed by atoms with Crippen LogP contribution < -0.4 is 4.90 Å².